The first-order valence-electron chi connectivity index (χ1n) is 5.36. The van der Waals surface area contributed by atoms with E-state index < -0.39 is 23.0 Å². The molecule has 12 heteroatoms. The lowest BCUT2D eigenvalue weighted by atomic mass is 10.1. The van der Waals surface area contributed by atoms with E-state index >= 15 is 0 Å². The van der Waals surface area contributed by atoms with Crippen molar-refractivity contribution in [3.63, 3.8) is 0 Å². The molecule has 0 saturated carbocycles. The fourth-order valence-corrected chi connectivity index (χ4v) is 1.73. The number of nitrogens with one attached hydrogen (secondary N) is 1. The van der Waals surface area contributed by atoms with Gasteiger partial charge in [-0.15, -0.1) is 0 Å². The van der Waals surface area contributed by atoms with Crippen LogP contribution in [-0.4, -0.2) is 43.6 Å². The highest BCUT2D eigenvalue weighted by molar-refractivity contribution is 6.67. The average Bonchev–Trinajstić information content (AvgIpc) is 2.37. The highest BCUT2D eigenvalue weighted by Crippen LogP contribution is 2.11. The SMILES string of the molecule is O.O=C(Cl)c1cc(Cl)nc(Cl)n1.O=C1C=C(C(=O)O)CC(=O)N1. The summed E-state index contributed by atoms with van der Waals surface area (Å²) in [7, 11) is 0. The summed E-state index contributed by atoms with van der Waals surface area (Å²) < 4.78 is 0. The molecular weight excluding hydrogens is 376 g/mol. The van der Waals surface area contributed by atoms with Gasteiger partial charge in [-0.3, -0.25) is 19.7 Å². The van der Waals surface area contributed by atoms with E-state index in [9.17, 15) is 19.2 Å². The number of hydrogen-bond acceptors (Lipinski definition) is 6. The summed E-state index contributed by atoms with van der Waals surface area (Å²) >= 11 is 15.9. The molecule has 0 bridgehead atoms. The van der Waals surface area contributed by atoms with Crippen LogP contribution in [0.4, 0.5) is 0 Å². The Morgan fingerprint density at radius 3 is 2.26 bits per heavy atom. The number of halogens is 3. The van der Waals surface area contributed by atoms with Crippen molar-refractivity contribution in [1.29, 1.82) is 0 Å². The lowest BCUT2D eigenvalue weighted by Gasteiger charge is -2.07. The van der Waals surface area contributed by atoms with Crippen LogP contribution in [0.2, 0.25) is 10.4 Å². The monoisotopic (exact) mass is 383 g/mol. The number of rotatable bonds is 2. The number of aromatic nitrogens is 2. The van der Waals surface area contributed by atoms with Gasteiger partial charge in [-0.05, 0) is 23.2 Å². The van der Waals surface area contributed by atoms with Crippen molar-refractivity contribution in [3.8, 4) is 0 Å². The van der Waals surface area contributed by atoms with Gasteiger partial charge in [-0.25, -0.2) is 14.8 Å². The summed E-state index contributed by atoms with van der Waals surface area (Å²) in [6.45, 7) is 0. The van der Waals surface area contributed by atoms with E-state index in [1.807, 2.05) is 5.32 Å². The summed E-state index contributed by atoms with van der Waals surface area (Å²) in [6, 6.07) is 1.24. The Hall–Kier alpha value is -2.07. The smallest absolute Gasteiger partial charge is 0.332 e. The van der Waals surface area contributed by atoms with Gasteiger partial charge in [0.2, 0.25) is 11.2 Å². The molecule has 2 amide bonds. The second-order valence-electron chi connectivity index (χ2n) is 3.68. The maximum atomic E-state index is 10.6. The number of amides is 2. The third kappa shape index (κ3) is 7.15. The Labute approximate surface area is 143 Å². The maximum absolute atomic E-state index is 10.6. The van der Waals surface area contributed by atoms with Crippen LogP contribution in [0.3, 0.4) is 0 Å². The van der Waals surface area contributed by atoms with Crippen LogP contribution in [-0.2, 0) is 14.4 Å². The Morgan fingerprint density at radius 1 is 1.22 bits per heavy atom. The zero-order valence-electron chi connectivity index (χ0n) is 11.0. The molecule has 0 aromatic carbocycles. The van der Waals surface area contributed by atoms with E-state index in [0.29, 0.717) is 0 Å². The average molecular weight is 385 g/mol. The van der Waals surface area contributed by atoms with Gasteiger partial charge in [0.15, 0.2) is 0 Å². The van der Waals surface area contributed by atoms with E-state index in [4.69, 9.17) is 39.9 Å². The van der Waals surface area contributed by atoms with Gasteiger partial charge < -0.3 is 10.6 Å². The number of nitrogens with zero attached hydrogens (tertiary/aromatic N) is 2. The van der Waals surface area contributed by atoms with E-state index in [1.54, 1.807) is 0 Å². The lowest BCUT2D eigenvalue weighted by molar-refractivity contribution is -0.136. The summed E-state index contributed by atoms with van der Waals surface area (Å²) in [5.41, 5.74) is -0.171. The summed E-state index contributed by atoms with van der Waals surface area (Å²) in [4.78, 5) is 48.9. The minimum absolute atomic E-state index is 0. The Kier molecular flexibility index (Phi) is 8.33. The molecule has 1 aromatic heterocycles. The molecule has 0 saturated heterocycles. The number of imide groups is 1. The molecular formula is C11H8Cl3N3O6. The molecule has 0 radical (unpaired) electrons. The zero-order valence-corrected chi connectivity index (χ0v) is 13.2. The molecule has 0 spiro atoms. The third-order valence-electron chi connectivity index (χ3n) is 2.06. The van der Waals surface area contributed by atoms with Crippen molar-refractivity contribution < 1.29 is 29.8 Å². The summed E-state index contributed by atoms with van der Waals surface area (Å²) in [5.74, 6) is -2.47. The fraction of sp³-hybridized carbons (Fsp3) is 0.0909. The van der Waals surface area contributed by atoms with Gasteiger partial charge in [-0.1, -0.05) is 11.6 Å². The van der Waals surface area contributed by atoms with Gasteiger partial charge >= 0.3 is 5.97 Å². The second-order valence-corrected chi connectivity index (χ2v) is 4.75. The molecule has 0 aliphatic carbocycles. The lowest BCUT2D eigenvalue weighted by Crippen LogP contribution is -2.34. The molecule has 1 aromatic rings. The number of carboxylic acids is 1. The van der Waals surface area contributed by atoms with E-state index in [1.165, 1.54) is 6.07 Å². The van der Waals surface area contributed by atoms with Crippen LogP contribution >= 0.6 is 34.8 Å². The van der Waals surface area contributed by atoms with Crippen LogP contribution < -0.4 is 5.32 Å². The summed E-state index contributed by atoms with van der Waals surface area (Å²) in [6.07, 6.45) is 0.671. The molecule has 2 rings (SSSR count). The van der Waals surface area contributed by atoms with Crippen LogP contribution in [0.5, 0.6) is 0 Å². The number of hydrogen-bond donors (Lipinski definition) is 2. The third-order valence-corrected chi connectivity index (χ3v) is 2.62. The predicted molar refractivity (Wildman–Crippen MR) is 79.3 cm³/mol. The van der Waals surface area contributed by atoms with Gasteiger partial charge in [0.05, 0.1) is 12.0 Å². The highest BCUT2D eigenvalue weighted by atomic mass is 35.5. The molecule has 9 nitrogen and oxygen atoms in total. The molecule has 0 unspecified atom stereocenters. The van der Waals surface area contributed by atoms with Crippen LogP contribution in [0.15, 0.2) is 17.7 Å². The first-order chi connectivity index (χ1) is 10.2. The van der Waals surface area contributed by atoms with E-state index in [0.717, 1.165) is 6.08 Å². The molecule has 4 N–H and O–H groups in total. The highest BCUT2D eigenvalue weighted by Gasteiger charge is 2.20. The van der Waals surface area contributed by atoms with Crippen molar-refractivity contribution in [1.82, 2.24) is 15.3 Å². The number of aliphatic carboxylic acids is 1. The van der Waals surface area contributed by atoms with E-state index in [2.05, 4.69) is 9.97 Å². The molecule has 0 fully saturated rings. The van der Waals surface area contributed by atoms with Crippen molar-refractivity contribution in [2.24, 2.45) is 0 Å². The molecule has 0 atom stereocenters. The number of carboxylic acid groups (broad SMARTS) is 1. The minimum Gasteiger partial charge on any atom is -0.478 e. The Morgan fingerprint density at radius 2 is 1.83 bits per heavy atom. The zero-order chi connectivity index (χ0) is 16.9. The summed E-state index contributed by atoms with van der Waals surface area (Å²) in [5, 5.41) is 9.60. The van der Waals surface area contributed by atoms with Crippen molar-refractivity contribution in [3.05, 3.63) is 33.8 Å². The fourth-order valence-electron chi connectivity index (χ4n) is 1.23. The molecule has 2 heterocycles. The molecule has 23 heavy (non-hydrogen) atoms. The van der Waals surface area contributed by atoms with Gasteiger partial charge in [0.1, 0.15) is 10.8 Å². The standard InChI is InChI=1S/C6H5NO4.C5HCl3N2O.H2O/c8-4-1-3(6(10)11)2-5(9)7-4;6-3-1-2(4(7)11)9-5(8)10-3;/h1H,2H2,(H,10,11)(H,7,8,9);1H;1H2. The number of carbonyl (C=O) groups is 4. The molecule has 1 aliphatic rings. The normalized spacial score (nSPS) is 12.9. The van der Waals surface area contributed by atoms with E-state index in [-0.39, 0.29) is 33.6 Å². The molecule has 124 valence electrons. The van der Waals surface area contributed by atoms with Crippen LogP contribution in [0.1, 0.15) is 16.9 Å². The van der Waals surface area contributed by atoms with Crippen molar-refractivity contribution >= 4 is 57.8 Å². The van der Waals surface area contributed by atoms with Crippen molar-refractivity contribution in [2.45, 2.75) is 6.42 Å². The topological polar surface area (TPSA) is 158 Å². The largest absolute Gasteiger partial charge is 0.478 e. The molecule has 1 aliphatic heterocycles. The van der Waals surface area contributed by atoms with Gasteiger partial charge in [0, 0.05) is 12.1 Å². The number of carbonyl (C=O) groups excluding carboxylic acids is 3. The predicted octanol–water partition coefficient (Wildman–Crippen LogP) is 0.382. The first kappa shape index (κ1) is 20.9. The Bertz CT molecular complexity index is 671. The Balaban J connectivity index is 0.000000403. The second kappa shape index (κ2) is 9.16. The van der Waals surface area contributed by atoms with Crippen LogP contribution in [0.25, 0.3) is 0 Å². The minimum atomic E-state index is -1.23. The maximum Gasteiger partial charge on any atom is 0.332 e. The quantitative estimate of drug-likeness (QED) is 0.323. The van der Waals surface area contributed by atoms with Crippen LogP contribution in [0, 0.1) is 0 Å². The van der Waals surface area contributed by atoms with Crippen molar-refractivity contribution in [2.75, 3.05) is 0 Å². The van der Waals surface area contributed by atoms with Gasteiger partial charge in [0.25, 0.3) is 11.1 Å². The van der Waals surface area contributed by atoms with Gasteiger partial charge in [-0.2, -0.15) is 0 Å². The first-order valence-corrected chi connectivity index (χ1v) is 6.50.